The highest BCUT2D eigenvalue weighted by molar-refractivity contribution is 9.08. The molecule has 0 aliphatic heterocycles. The van der Waals surface area contributed by atoms with E-state index in [-0.39, 0.29) is 22.3 Å². The largest absolute Gasteiger partial charge is 0.465 e. The van der Waals surface area contributed by atoms with Crippen LogP contribution in [0.2, 0.25) is 0 Å². The van der Waals surface area contributed by atoms with Crippen LogP contribution in [0.4, 0.5) is 14.5 Å². The molecule has 0 unspecified atom stereocenters. The highest BCUT2D eigenvalue weighted by atomic mass is 79.9. The number of hydrogen-bond donors (Lipinski definition) is 1. The number of methoxy groups -OCH3 is 1. The summed E-state index contributed by atoms with van der Waals surface area (Å²) in [5.41, 5.74) is 5.06. The van der Waals surface area contributed by atoms with Crippen LogP contribution in [0.5, 0.6) is 0 Å². The van der Waals surface area contributed by atoms with Gasteiger partial charge in [-0.1, -0.05) is 15.9 Å². The van der Waals surface area contributed by atoms with Crippen molar-refractivity contribution < 1.29 is 18.3 Å². The Hall–Kier alpha value is -1.24. The molecule has 4 nitrogen and oxygen atoms in total. The number of hydrogen-bond acceptors (Lipinski definition) is 4. The zero-order valence-corrected chi connectivity index (χ0v) is 9.92. The minimum atomic E-state index is -2.85. The van der Waals surface area contributed by atoms with Gasteiger partial charge in [-0.15, -0.1) is 0 Å². The first-order valence-electron chi connectivity index (χ1n) is 4.23. The van der Waals surface area contributed by atoms with Gasteiger partial charge in [0, 0.05) is 5.33 Å². The van der Waals surface area contributed by atoms with E-state index in [9.17, 15) is 13.6 Å². The van der Waals surface area contributed by atoms with Crippen LogP contribution in [0.25, 0.3) is 0 Å². The Morgan fingerprint density at radius 1 is 1.69 bits per heavy atom. The standard InChI is InChI=1S/C9H9BrF2N2O2/c1-16-9(15)4-2-5(13)6(3-10)14-7(4)8(11)12/h2,8H,3,13H2,1H3. The molecule has 16 heavy (non-hydrogen) atoms. The summed E-state index contributed by atoms with van der Waals surface area (Å²) in [7, 11) is 1.10. The van der Waals surface area contributed by atoms with Gasteiger partial charge in [-0.25, -0.2) is 18.6 Å². The third-order valence-corrected chi connectivity index (χ3v) is 2.43. The maximum atomic E-state index is 12.6. The third-order valence-electron chi connectivity index (χ3n) is 1.90. The topological polar surface area (TPSA) is 65.2 Å². The molecule has 0 saturated carbocycles. The molecule has 1 rings (SSSR count). The molecule has 0 spiro atoms. The van der Waals surface area contributed by atoms with E-state index in [1.54, 1.807) is 0 Å². The molecular formula is C9H9BrF2N2O2. The van der Waals surface area contributed by atoms with Gasteiger partial charge in [0.1, 0.15) is 5.69 Å². The molecule has 0 amide bonds. The van der Waals surface area contributed by atoms with Gasteiger partial charge in [-0.05, 0) is 6.07 Å². The Kier molecular flexibility index (Phi) is 4.17. The predicted molar refractivity (Wildman–Crippen MR) is 57.6 cm³/mol. The van der Waals surface area contributed by atoms with E-state index in [2.05, 4.69) is 25.7 Å². The second-order valence-electron chi connectivity index (χ2n) is 2.88. The van der Waals surface area contributed by atoms with Gasteiger partial charge < -0.3 is 10.5 Å². The van der Waals surface area contributed by atoms with Crippen LogP contribution in [0.15, 0.2) is 6.07 Å². The summed E-state index contributed by atoms with van der Waals surface area (Å²) < 4.78 is 29.7. The monoisotopic (exact) mass is 294 g/mol. The average Bonchev–Trinajstić information content (AvgIpc) is 2.27. The summed E-state index contributed by atoms with van der Waals surface area (Å²) in [4.78, 5) is 14.9. The maximum absolute atomic E-state index is 12.6. The third kappa shape index (κ3) is 2.46. The lowest BCUT2D eigenvalue weighted by atomic mass is 10.1. The number of carbonyl (C=O) groups is 1. The highest BCUT2D eigenvalue weighted by Crippen LogP contribution is 2.26. The quantitative estimate of drug-likeness (QED) is 0.686. The molecule has 1 heterocycles. The molecule has 0 aliphatic carbocycles. The SMILES string of the molecule is COC(=O)c1cc(N)c(CBr)nc1C(F)F. The van der Waals surface area contributed by atoms with E-state index >= 15 is 0 Å². The first-order chi connectivity index (χ1) is 7.51. The van der Waals surface area contributed by atoms with E-state index in [0.717, 1.165) is 13.2 Å². The molecule has 1 aromatic rings. The Balaban J connectivity index is 3.36. The number of esters is 1. The first kappa shape index (κ1) is 12.8. The van der Waals surface area contributed by atoms with Crippen LogP contribution >= 0.6 is 15.9 Å². The fourth-order valence-corrected chi connectivity index (χ4v) is 1.58. The van der Waals surface area contributed by atoms with Crippen LogP contribution in [0, 0.1) is 0 Å². The zero-order valence-electron chi connectivity index (χ0n) is 8.34. The van der Waals surface area contributed by atoms with Crippen molar-refractivity contribution in [2.75, 3.05) is 12.8 Å². The van der Waals surface area contributed by atoms with Gasteiger partial charge in [0.25, 0.3) is 6.43 Å². The van der Waals surface area contributed by atoms with E-state index in [1.165, 1.54) is 0 Å². The molecule has 0 aromatic carbocycles. The highest BCUT2D eigenvalue weighted by Gasteiger charge is 2.22. The smallest absolute Gasteiger partial charge is 0.340 e. The van der Waals surface area contributed by atoms with Crippen LogP contribution in [0.1, 0.15) is 28.2 Å². The molecule has 0 bridgehead atoms. The Bertz CT molecular complexity index is 413. The lowest BCUT2D eigenvalue weighted by molar-refractivity contribution is 0.0587. The molecule has 0 radical (unpaired) electrons. The molecule has 7 heteroatoms. The molecule has 0 aliphatic rings. The van der Waals surface area contributed by atoms with Crippen molar-refractivity contribution in [2.45, 2.75) is 11.8 Å². The number of nitrogens with two attached hydrogens (primary N) is 1. The number of nitrogens with zero attached hydrogens (tertiary/aromatic N) is 1. The van der Waals surface area contributed by atoms with Crippen molar-refractivity contribution in [1.29, 1.82) is 0 Å². The molecule has 2 N–H and O–H groups in total. The van der Waals surface area contributed by atoms with Gasteiger partial charge in [-0.3, -0.25) is 0 Å². The summed E-state index contributed by atoms with van der Waals surface area (Å²) in [6.07, 6.45) is -2.85. The number of halogens is 3. The number of carbonyl (C=O) groups excluding carboxylic acids is 1. The number of anilines is 1. The zero-order chi connectivity index (χ0) is 12.3. The van der Waals surface area contributed by atoms with Crippen molar-refractivity contribution in [1.82, 2.24) is 4.98 Å². The van der Waals surface area contributed by atoms with Gasteiger partial charge in [0.15, 0.2) is 0 Å². The lowest BCUT2D eigenvalue weighted by Gasteiger charge is -2.10. The second-order valence-corrected chi connectivity index (χ2v) is 3.44. The number of nitrogen functional groups attached to an aromatic ring is 1. The van der Waals surface area contributed by atoms with Crippen molar-refractivity contribution in [3.05, 3.63) is 23.0 Å². The van der Waals surface area contributed by atoms with E-state index in [4.69, 9.17) is 5.73 Å². The van der Waals surface area contributed by atoms with Gasteiger partial charge in [-0.2, -0.15) is 0 Å². The van der Waals surface area contributed by atoms with Crippen molar-refractivity contribution >= 4 is 27.6 Å². The summed E-state index contributed by atoms with van der Waals surface area (Å²) in [5.74, 6) is -0.879. The Morgan fingerprint density at radius 3 is 2.75 bits per heavy atom. The van der Waals surface area contributed by atoms with Crippen molar-refractivity contribution in [3.63, 3.8) is 0 Å². The molecule has 0 saturated heterocycles. The van der Waals surface area contributed by atoms with Gasteiger partial charge in [0.2, 0.25) is 0 Å². The first-order valence-corrected chi connectivity index (χ1v) is 5.35. The fraction of sp³-hybridized carbons (Fsp3) is 0.333. The molecular weight excluding hydrogens is 286 g/mol. The number of aromatic nitrogens is 1. The molecule has 88 valence electrons. The number of ether oxygens (including phenoxy) is 1. The number of alkyl halides is 3. The summed E-state index contributed by atoms with van der Waals surface area (Å²) in [6, 6.07) is 1.15. The summed E-state index contributed by atoms with van der Waals surface area (Å²) in [6.45, 7) is 0. The van der Waals surface area contributed by atoms with Crippen LogP contribution in [-0.4, -0.2) is 18.1 Å². The second kappa shape index (κ2) is 5.20. The van der Waals surface area contributed by atoms with Crippen LogP contribution in [0.3, 0.4) is 0 Å². The summed E-state index contributed by atoms with van der Waals surface area (Å²) in [5, 5.41) is 0.236. The minimum absolute atomic E-state index is 0.168. The Morgan fingerprint density at radius 2 is 2.31 bits per heavy atom. The fourth-order valence-electron chi connectivity index (χ4n) is 1.13. The van der Waals surface area contributed by atoms with Crippen LogP contribution < -0.4 is 5.73 Å². The van der Waals surface area contributed by atoms with E-state index in [0.29, 0.717) is 0 Å². The lowest BCUT2D eigenvalue weighted by Crippen LogP contribution is -2.11. The van der Waals surface area contributed by atoms with Crippen molar-refractivity contribution in [3.8, 4) is 0 Å². The van der Waals surface area contributed by atoms with E-state index in [1.807, 2.05) is 0 Å². The molecule has 1 aromatic heterocycles. The predicted octanol–water partition coefficient (Wildman–Crippen LogP) is 2.28. The number of pyridine rings is 1. The minimum Gasteiger partial charge on any atom is -0.465 e. The van der Waals surface area contributed by atoms with Gasteiger partial charge in [0.05, 0.1) is 24.1 Å². The van der Waals surface area contributed by atoms with E-state index < -0.39 is 18.1 Å². The average molecular weight is 295 g/mol. The maximum Gasteiger partial charge on any atom is 0.340 e. The summed E-state index contributed by atoms with van der Waals surface area (Å²) >= 11 is 3.07. The van der Waals surface area contributed by atoms with Gasteiger partial charge >= 0.3 is 5.97 Å². The normalized spacial score (nSPS) is 10.6. The number of rotatable bonds is 3. The Labute approximate surface area is 98.9 Å². The van der Waals surface area contributed by atoms with Crippen molar-refractivity contribution in [2.24, 2.45) is 0 Å². The van der Waals surface area contributed by atoms with Crippen LogP contribution in [-0.2, 0) is 10.1 Å². The molecule has 0 atom stereocenters. The molecule has 0 fully saturated rings.